The van der Waals surface area contributed by atoms with Gasteiger partial charge in [-0.2, -0.15) is 0 Å². The molecule has 3 heterocycles. The van der Waals surface area contributed by atoms with Gasteiger partial charge in [-0.25, -0.2) is 0 Å². The van der Waals surface area contributed by atoms with Crippen LogP contribution >= 0.6 is 0 Å². The number of rotatable bonds is 4. The molecule has 4 rings (SSSR count). The van der Waals surface area contributed by atoms with Crippen molar-refractivity contribution in [1.29, 1.82) is 0 Å². The third kappa shape index (κ3) is 3.16. The third-order valence-electron chi connectivity index (χ3n) is 4.91. The van der Waals surface area contributed by atoms with Crippen molar-refractivity contribution in [3.63, 3.8) is 0 Å². The predicted molar refractivity (Wildman–Crippen MR) is 103 cm³/mol. The van der Waals surface area contributed by atoms with Crippen LogP contribution in [0, 0.1) is 0 Å². The van der Waals surface area contributed by atoms with Gasteiger partial charge in [0.05, 0.1) is 23.4 Å². The number of imide groups is 1. The van der Waals surface area contributed by atoms with E-state index in [9.17, 15) is 19.2 Å². The number of hydrogen-bond donors (Lipinski definition) is 3. The number of nitrogens with zero attached hydrogens (tertiary/aromatic N) is 2. The number of amides is 3. The van der Waals surface area contributed by atoms with Crippen LogP contribution in [0.4, 0.5) is 11.5 Å². The molecule has 0 unspecified atom stereocenters. The van der Waals surface area contributed by atoms with Gasteiger partial charge in [0, 0.05) is 11.8 Å². The van der Waals surface area contributed by atoms with Crippen LogP contribution < -0.4 is 21.9 Å². The Morgan fingerprint density at radius 3 is 2.61 bits per heavy atom. The molecule has 2 aromatic rings. The first-order valence-corrected chi connectivity index (χ1v) is 8.98. The first-order chi connectivity index (χ1) is 13.4. The predicted octanol–water partition coefficient (Wildman–Crippen LogP) is 0.338. The average Bonchev–Trinajstić information content (AvgIpc) is 3.23. The van der Waals surface area contributed by atoms with E-state index in [-0.39, 0.29) is 22.9 Å². The minimum Gasteiger partial charge on any atom is -0.384 e. The molecule has 2 aliphatic heterocycles. The summed E-state index contributed by atoms with van der Waals surface area (Å²) in [6.45, 7) is 2.14. The maximum Gasteiger partial charge on any atom is 0.262 e. The van der Waals surface area contributed by atoms with E-state index in [1.807, 2.05) is 0 Å². The summed E-state index contributed by atoms with van der Waals surface area (Å²) < 4.78 is 1.15. The number of fused-ring (bicyclic) bond motifs is 1. The van der Waals surface area contributed by atoms with Gasteiger partial charge in [0.15, 0.2) is 0 Å². The van der Waals surface area contributed by atoms with E-state index in [1.54, 1.807) is 24.3 Å². The number of carbonyl (C=O) groups is 3. The molecule has 0 atom stereocenters. The van der Waals surface area contributed by atoms with Gasteiger partial charge in [0.25, 0.3) is 17.4 Å². The number of hydrogen-bond acceptors (Lipinski definition) is 6. The molecular formula is C19H19N5O4. The van der Waals surface area contributed by atoms with Crippen molar-refractivity contribution < 1.29 is 14.4 Å². The van der Waals surface area contributed by atoms with Crippen molar-refractivity contribution in [3.8, 4) is 5.69 Å². The Kier molecular flexibility index (Phi) is 4.44. The van der Waals surface area contributed by atoms with Crippen molar-refractivity contribution in [3.05, 3.63) is 51.8 Å². The molecule has 1 saturated heterocycles. The number of likely N-dealkylation sites (tertiary alicyclic amines) is 1. The second-order valence-corrected chi connectivity index (χ2v) is 6.86. The van der Waals surface area contributed by atoms with E-state index in [1.165, 1.54) is 0 Å². The minimum absolute atomic E-state index is 0.0203. The normalized spacial score (nSPS) is 16.1. The lowest BCUT2D eigenvalue weighted by molar-refractivity contribution is -0.117. The van der Waals surface area contributed by atoms with E-state index >= 15 is 0 Å². The van der Waals surface area contributed by atoms with Crippen LogP contribution in [-0.2, 0) is 4.79 Å². The molecule has 28 heavy (non-hydrogen) atoms. The lowest BCUT2D eigenvalue weighted by atomic mass is 10.1. The SMILES string of the molecule is Nc1c2c(cc(=O)n1-c1cccc(NC(=O)CN3CCCC3)c1)C(=O)NC2=O. The average molecular weight is 381 g/mol. The number of anilines is 2. The van der Waals surface area contributed by atoms with E-state index in [4.69, 9.17) is 5.73 Å². The quantitative estimate of drug-likeness (QED) is 0.656. The van der Waals surface area contributed by atoms with Crippen molar-refractivity contribution in [1.82, 2.24) is 14.8 Å². The largest absolute Gasteiger partial charge is 0.384 e. The smallest absolute Gasteiger partial charge is 0.262 e. The second-order valence-electron chi connectivity index (χ2n) is 6.86. The van der Waals surface area contributed by atoms with Gasteiger partial charge < -0.3 is 11.1 Å². The summed E-state index contributed by atoms with van der Waals surface area (Å²) in [5, 5.41) is 4.94. The van der Waals surface area contributed by atoms with Crippen LogP contribution in [0.1, 0.15) is 33.6 Å². The number of carbonyl (C=O) groups excluding carboxylic acids is 3. The molecule has 1 aromatic heterocycles. The molecular weight excluding hydrogens is 362 g/mol. The van der Waals surface area contributed by atoms with Crippen LogP contribution in [0.5, 0.6) is 0 Å². The molecule has 0 spiro atoms. The highest BCUT2D eigenvalue weighted by Gasteiger charge is 2.31. The highest BCUT2D eigenvalue weighted by atomic mass is 16.2. The van der Waals surface area contributed by atoms with Crippen LogP contribution in [0.3, 0.4) is 0 Å². The standard InChI is InChI=1S/C19H19N5O4/c20-17-16-13(18(27)22-19(16)28)9-15(26)24(17)12-5-3-4-11(8-12)21-14(25)10-23-6-1-2-7-23/h3-5,8-9H,1-2,6-7,10,20H2,(H,21,25)(H,22,27,28). The Hall–Kier alpha value is -3.46. The molecule has 9 nitrogen and oxygen atoms in total. The first-order valence-electron chi connectivity index (χ1n) is 8.98. The molecule has 0 radical (unpaired) electrons. The van der Waals surface area contributed by atoms with Gasteiger partial charge in [-0.15, -0.1) is 0 Å². The van der Waals surface area contributed by atoms with E-state index in [2.05, 4.69) is 15.5 Å². The summed E-state index contributed by atoms with van der Waals surface area (Å²) in [4.78, 5) is 50.6. The Labute approximate surface area is 160 Å². The Morgan fingerprint density at radius 1 is 1.11 bits per heavy atom. The zero-order valence-electron chi connectivity index (χ0n) is 15.0. The summed E-state index contributed by atoms with van der Waals surface area (Å²) in [7, 11) is 0. The Balaban J connectivity index is 1.64. The third-order valence-corrected chi connectivity index (χ3v) is 4.91. The molecule has 1 aromatic carbocycles. The zero-order valence-corrected chi connectivity index (χ0v) is 15.0. The first kappa shape index (κ1) is 17.9. The number of nitrogen functional groups attached to an aromatic ring is 1. The fourth-order valence-corrected chi connectivity index (χ4v) is 3.61. The van der Waals surface area contributed by atoms with Gasteiger partial charge in [0.1, 0.15) is 5.82 Å². The molecule has 144 valence electrons. The lowest BCUT2D eigenvalue weighted by Gasteiger charge is -2.15. The van der Waals surface area contributed by atoms with Gasteiger partial charge in [-0.05, 0) is 44.1 Å². The molecule has 0 bridgehead atoms. The van der Waals surface area contributed by atoms with Crippen LogP contribution in [0.2, 0.25) is 0 Å². The molecule has 1 fully saturated rings. The van der Waals surface area contributed by atoms with E-state index in [0.717, 1.165) is 36.6 Å². The Bertz CT molecular complexity index is 1050. The topological polar surface area (TPSA) is 127 Å². The molecule has 0 saturated carbocycles. The molecule has 4 N–H and O–H groups in total. The molecule has 3 amide bonds. The fourth-order valence-electron chi connectivity index (χ4n) is 3.61. The van der Waals surface area contributed by atoms with Gasteiger partial charge in [0.2, 0.25) is 5.91 Å². The van der Waals surface area contributed by atoms with Crippen LogP contribution in [0.25, 0.3) is 5.69 Å². The lowest BCUT2D eigenvalue weighted by Crippen LogP contribution is -2.31. The van der Waals surface area contributed by atoms with E-state index < -0.39 is 17.4 Å². The minimum atomic E-state index is -0.640. The summed E-state index contributed by atoms with van der Waals surface area (Å²) in [6, 6.07) is 7.70. The monoisotopic (exact) mass is 381 g/mol. The van der Waals surface area contributed by atoms with E-state index in [0.29, 0.717) is 17.9 Å². The molecule has 0 aliphatic carbocycles. The molecule has 9 heteroatoms. The summed E-state index contributed by atoms with van der Waals surface area (Å²) in [6.07, 6.45) is 2.19. The maximum absolute atomic E-state index is 12.5. The number of nitrogens with two attached hydrogens (primary N) is 1. The van der Waals surface area contributed by atoms with Crippen molar-refractivity contribution in [2.45, 2.75) is 12.8 Å². The van der Waals surface area contributed by atoms with Gasteiger partial charge >= 0.3 is 0 Å². The van der Waals surface area contributed by atoms with Crippen molar-refractivity contribution >= 4 is 29.2 Å². The summed E-state index contributed by atoms with van der Waals surface area (Å²) >= 11 is 0. The number of benzene rings is 1. The summed E-state index contributed by atoms with van der Waals surface area (Å²) in [5.74, 6) is -1.54. The highest BCUT2D eigenvalue weighted by Crippen LogP contribution is 2.24. The fraction of sp³-hybridized carbons (Fsp3) is 0.263. The van der Waals surface area contributed by atoms with Crippen LogP contribution in [-0.4, -0.2) is 46.8 Å². The molecule has 2 aliphatic rings. The highest BCUT2D eigenvalue weighted by molar-refractivity contribution is 6.23. The number of aromatic nitrogens is 1. The second kappa shape index (κ2) is 6.93. The van der Waals surface area contributed by atoms with Crippen molar-refractivity contribution in [2.24, 2.45) is 0 Å². The van der Waals surface area contributed by atoms with Crippen molar-refractivity contribution in [2.75, 3.05) is 30.7 Å². The van der Waals surface area contributed by atoms with Gasteiger partial charge in [-0.3, -0.25) is 34.0 Å². The van der Waals surface area contributed by atoms with Gasteiger partial charge in [-0.1, -0.05) is 6.07 Å². The number of nitrogens with one attached hydrogen (secondary N) is 2. The Morgan fingerprint density at radius 2 is 1.86 bits per heavy atom. The number of pyridine rings is 1. The zero-order chi connectivity index (χ0) is 19.8. The van der Waals surface area contributed by atoms with Crippen LogP contribution in [0.15, 0.2) is 35.1 Å². The summed E-state index contributed by atoms with van der Waals surface area (Å²) in [5.41, 5.74) is 6.34. The maximum atomic E-state index is 12.5.